The lowest BCUT2D eigenvalue weighted by atomic mass is 9.96. The fourth-order valence-corrected chi connectivity index (χ4v) is 3.21. The third-order valence-electron chi connectivity index (χ3n) is 3.83. The lowest BCUT2D eigenvalue weighted by molar-refractivity contribution is -0.132. The van der Waals surface area contributed by atoms with Gasteiger partial charge >= 0.3 is 0 Å². The molecule has 1 aliphatic heterocycles. The molecule has 128 valence electrons. The van der Waals surface area contributed by atoms with Gasteiger partial charge in [-0.3, -0.25) is 25.2 Å². The van der Waals surface area contributed by atoms with Crippen molar-refractivity contribution in [3.63, 3.8) is 0 Å². The Bertz CT molecular complexity index is 673. The van der Waals surface area contributed by atoms with E-state index in [-0.39, 0.29) is 28.3 Å². The predicted molar refractivity (Wildman–Crippen MR) is 94.3 cm³/mol. The molecule has 3 amide bonds. The summed E-state index contributed by atoms with van der Waals surface area (Å²) in [6, 6.07) is 4.85. The van der Waals surface area contributed by atoms with Gasteiger partial charge in [0.05, 0.1) is 10.6 Å². The molecule has 0 atom stereocenters. The summed E-state index contributed by atoms with van der Waals surface area (Å²) in [6.07, 6.45) is 2.35. The first-order valence-electron chi connectivity index (χ1n) is 7.39. The molecule has 2 N–H and O–H groups in total. The van der Waals surface area contributed by atoms with Gasteiger partial charge in [-0.15, -0.1) is 0 Å². The van der Waals surface area contributed by atoms with Crippen LogP contribution in [-0.2, 0) is 9.59 Å². The minimum atomic E-state index is -0.486. The molecule has 24 heavy (non-hydrogen) atoms. The number of rotatable bonds is 3. The van der Waals surface area contributed by atoms with E-state index in [1.54, 1.807) is 23.1 Å². The Labute approximate surface area is 153 Å². The van der Waals surface area contributed by atoms with E-state index in [9.17, 15) is 14.4 Å². The summed E-state index contributed by atoms with van der Waals surface area (Å²) < 4.78 is 0.758. The van der Waals surface area contributed by atoms with Crippen molar-refractivity contribution in [2.45, 2.75) is 12.8 Å². The van der Waals surface area contributed by atoms with Gasteiger partial charge in [0, 0.05) is 23.5 Å². The Morgan fingerprint density at radius 1 is 1.25 bits per heavy atom. The first kappa shape index (κ1) is 18.5. The number of carbonyl (C=O) groups is 3. The van der Waals surface area contributed by atoms with Crippen LogP contribution in [0.15, 0.2) is 35.3 Å². The number of benzene rings is 1. The number of piperidine rings is 1. The van der Waals surface area contributed by atoms with Crippen LogP contribution >= 0.6 is 27.5 Å². The molecule has 1 saturated heterocycles. The van der Waals surface area contributed by atoms with Crippen LogP contribution < -0.4 is 10.9 Å². The molecular weight excluding hydrogens is 398 g/mol. The Morgan fingerprint density at radius 2 is 1.92 bits per heavy atom. The van der Waals surface area contributed by atoms with E-state index in [1.807, 2.05) is 0 Å². The van der Waals surface area contributed by atoms with Gasteiger partial charge in [-0.25, -0.2) is 0 Å². The first-order valence-corrected chi connectivity index (χ1v) is 8.56. The fraction of sp³-hybridized carbons (Fsp3) is 0.312. The molecule has 6 nitrogen and oxygen atoms in total. The molecule has 0 aromatic heterocycles. The van der Waals surface area contributed by atoms with E-state index < -0.39 is 5.91 Å². The highest BCUT2D eigenvalue weighted by Crippen LogP contribution is 2.21. The van der Waals surface area contributed by atoms with Gasteiger partial charge in [-0.05, 0) is 37.1 Å². The van der Waals surface area contributed by atoms with Crippen LogP contribution in [0.4, 0.5) is 0 Å². The molecule has 0 aliphatic carbocycles. The zero-order valence-electron chi connectivity index (χ0n) is 12.9. The third kappa shape index (κ3) is 4.58. The highest BCUT2D eigenvalue weighted by molar-refractivity contribution is 9.10. The van der Waals surface area contributed by atoms with Crippen LogP contribution in [0.2, 0.25) is 5.02 Å². The maximum atomic E-state index is 12.1. The van der Waals surface area contributed by atoms with Crippen LogP contribution in [0.5, 0.6) is 0 Å². The number of nitrogens with one attached hydrogen (secondary N) is 2. The standard InChI is InChI=1S/C16H17BrClN3O3/c1-2-14(22)21-7-5-10(6-8-21)15(23)19-20-16(24)12-4-3-11(17)9-13(12)18/h2-4,9-10H,1,5-8H2,(H,19,23)(H,20,24). The topological polar surface area (TPSA) is 78.5 Å². The number of halogens is 2. The summed E-state index contributed by atoms with van der Waals surface area (Å²) in [5.74, 6) is -1.14. The van der Waals surface area contributed by atoms with Crippen LogP contribution in [-0.4, -0.2) is 35.7 Å². The molecule has 1 fully saturated rings. The molecule has 0 spiro atoms. The highest BCUT2D eigenvalue weighted by atomic mass is 79.9. The monoisotopic (exact) mass is 413 g/mol. The Balaban J connectivity index is 1.84. The van der Waals surface area contributed by atoms with Crippen molar-refractivity contribution in [1.29, 1.82) is 0 Å². The third-order valence-corrected chi connectivity index (χ3v) is 4.63. The Morgan fingerprint density at radius 3 is 2.50 bits per heavy atom. The van der Waals surface area contributed by atoms with E-state index in [4.69, 9.17) is 11.6 Å². The molecule has 1 heterocycles. The largest absolute Gasteiger partial charge is 0.339 e. The molecule has 0 saturated carbocycles. The quantitative estimate of drug-likeness (QED) is 0.588. The summed E-state index contributed by atoms with van der Waals surface area (Å²) in [7, 11) is 0. The van der Waals surface area contributed by atoms with Crippen molar-refractivity contribution in [2.75, 3.05) is 13.1 Å². The SMILES string of the molecule is C=CC(=O)N1CCC(C(=O)NNC(=O)c2ccc(Br)cc2Cl)CC1. The number of hydrazine groups is 1. The van der Waals surface area contributed by atoms with Gasteiger partial charge in [0.15, 0.2) is 0 Å². The molecule has 0 bridgehead atoms. The number of likely N-dealkylation sites (tertiary alicyclic amines) is 1. The van der Waals surface area contributed by atoms with Crippen molar-refractivity contribution < 1.29 is 14.4 Å². The number of hydrogen-bond donors (Lipinski definition) is 2. The van der Waals surface area contributed by atoms with Gasteiger partial charge < -0.3 is 4.90 Å². The van der Waals surface area contributed by atoms with E-state index >= 15 is 0 Å². The minimum Gasteiger partial charge on any atom is -0.339 e. The minimum absolute atomic E-state index is 0.132. The van der Waals surface area contributed by atoms with Gasteiger partial charge in [-0.1, -0.05) is 34.1 Å². The normalized spacial score (nSPS) is 14.8. The number of nitrogens with zero attached hydrogens (tertiary/aromatic N) is 1. The van der Waals surface area contributed by atoms with E-state index in [0.717, 1.165) is 4.47 Å². The summed E-state index contributed by atoms with van der Waals surface area (Å²) in [5.41, 5.74) is 5.05. The fourth-order valence-electron chi connectivity index (χ4n) is 2.45. The second-order valence-corrected chi connectivity index (χ2v) is 6.69. The molecule has 1 aromatic carbocycles. The second-order valence-electron chi connectivity index (χ2n) is 5.37. The lowest BCUT2D eigenvalue weighted by Gasteiger charge is -2.30. The smallest absolute Gasteiger partial charge is 0.271 e. The zero-order chi connectivity index (χ0) is 17.7. The summed E-state index contributed by atoms with van der Waals surface area (Å²) in [6.45, 7) is 4.44. The molecule has 0 unspecified atom stereocenters. The number of hydrogen-bond acceptors (Lipinski definition) is 3. The molecular formula is C16H17BrClN3O3. The van der Waals surface area contributed by atoms with Gasteiger partial charge in [0.2, 0.25) is 11.8 Å². The zero-order valence-corrected chi connectivity index (χ0v) is 15.2. The first-order chi connectivity index (χ1) is 11.4. The van der Waals surface area contributed by atoms with Crippen LogP contribution in [0, 0.1) is 5.92 Å². The van der Waals surface area contributed by atoms with Gasteiger partial charge in [0.1, 0.15) is 0 Å². The maximum Gasteiger partial charge on any atom is 0.271 e. The van der Waals surface area contributed by atoms with Crippen LogP contribution in [0.25, 0.3) is 0 Å². The lowest BCUT2D eigenvalue weighted by Crippen LogP contribution is -2.48. The average Bonchev–Trinajstić information content (AvgIpc) is 2.58. The number of amides is 3. The van der Waals surface area contributed by atoms with Crippen LogP contribution in [0.3, 0.4) is 0 Å². The van der Waals surface area contributed by atoms with E-state index in [1.165, 1.54) is 6.08 Å². The highest BCUT2D eigenvalue weighted by Gasteiger charge is 2.26. The molecule has 1 aliphatic rings. The van der Waals surface area contributed by atoms with Gasteiger partial charge in [0.25, 0.3) is 5.91 Å². The van der Waals surface area contributed by atoms with Crippen molar-refractivity contribution in [3.8, 4) is 0 Å². The van der Waals surface area contributed by atoms with Gasteiger partial charge in [-0.2, -0.15) is 0 Å². The number of carbonyl (C=O) groups excluding carboxylic acids is 3. The van der Waals surface area contributed by atoms with Crippen molar-refractivity contribution in [1.82, 2.24) is 15.8 Å². The average molecular weight is 415 g/mol. The van der Waals surface area contributed by atoms with Crippen molar-refractivity contribution in [3.05, 3.63) is 45.9 Å². The molecule has 0 radical (unpaired) electrons. The van der Waals surface area contributed by atoms with Crippen LogP contribution in [0.1, 0.15) is 23.2 Å². The molecule has 2 rings (SSSR count). The predicted octanol–water partition coefficient (Wildman–Crippen LogP) is 2.29. The Hall–Kier alpha value is -1.86. The summed E-state index contributed by atoms with van der Waals surface area (Å²) in [4.78, 5) is 37.3. The van der Waals surface area contributed by atoms with Crippen molar-refractivity contribution in [2.24, 2.45) is 5.92 Å². The molecule has 1 aromatic rings. The van der Waals surface area contributed by atoms with Crippen molar-refractivity contribution >= 4 is 45.3 Å². The molecule has 8 heteroatoms. The summed E-state index contributed by atoms with van der Waals surface area (Å²) in [5, 5.41) is 0.285. The summed E-state index contributed by atoms with van der Waals surface area (Å²) >= 11 is 9.26. The van der Waals surface area contributed by atoms with E-state index in [0.29, 0.717) is 25.9 Å². The van der Waals surface area contributed by atoms with E-state index in [2.05, 4.69) is 33.4 Å². The Kier molecular flexibility index (Phi) is 6.39. The second kappa shape index (κ2) is 8.30. The maximum absolute atomic E-state index is 12.1.